The summed E-state index contributed by atoms with van der Waals surface area (Å²) in [6.07, 6.45) is 1.02. The van der Waals surface area contributed by atoms with Gasteiger partial charge in [-0.25, -0.2) is 0 Å². The molecule has 24 heavy (non-hydrogen) atoms. The van der Waals surface area contributed by atoms with Gasteiger partial charge in [0.15, 0.2) is 0 Å². The number of piperidine rings is 1. The van der Waals surface area contributed by atoms with E-state index in [-0.39, 0.29) is 11.9 Å². The van der Waals surface area contributed by atoms with Crippen molar-refractivity contribution < 1.29 is 4.79 Å². The minimum Gasteiger partial charge on any atom is -0.306 e. The zero-order chi connectivity index (χ0) is 16.8. The van der Waals surface area contributed by atoms with E-state index < -0.39 is 0 Å². The van der Waals surface area contributed by atoms with Crippen LogP contribution in [0, 0.1) is 6.92 Å². The fourth-order valence-electron chi connectivity index (χ4n) is 4.11. The normalized spacial score (nSPS) is 23.0. The predicted octanol–water partition coefficient (Wildman–Crippen LogP) is 4.21. The summed E-state index contributed by atoms with van der Waals surface area (Å²) in [5.41, 5.74) is 4.41. The first-order valence-corrected chi connectivity index (χ1v) is 9.23. The second kappa shape index (κ2) is 6.01. The van der Waals surface area contributed by atoms with Crippen LogP contribution < -0.4 is 4.90 Å². The maximum atomic E-state index is 13.3. The lowest BCUT2D eigenvalue weighted by Gasteiger charge is -2.36. The molecule has 2 aromatic rings. The summed E-state index contributed by atoms with van der Waals surface area (Å²) in [6.45, 7) is 4.18. The standard InChI is InChI=1S/C20H21BrN2O/c1-13-7-8-18-15(11-13)16-12-22(2)10-9-19(16)23(18)20(24)14-5-3-4-6-17(14)21/h3-8,11,16,19H,9-10,12H2,1-2H3/t16-,19+/m1/s1. The van der Waals surface area contributed by atoms with Crippen LogP contribution in [-0.4, -0.2) is 37.0 Å². The number of nitrogens with zero attached hydrogens (tertiary/aromatic N) is 2. The quantitative estimate of drug-likeness (QED) is 0.735. The molecule has 0 aliphatic carbocycles. The van der Waals surface area contributed by atoms with Crippen molar-refractivity contribution in [3.63, 3.8) is 0 Å². The van der Waals surface area contributed by atoms with E-state index in [2.05, 4.69) is 53.0 Å². The lowest BCUT2D eigenvalue weighted by atomic mass is 9.88. The number of amides is 1. The number of anilines is 1. The summed E-state index contributed by atoms with van der Waals surface area (Å²) in [6, 6.07) is 14.5. The number of fused-ring (bicyclic) bond motifs is 3. The topological polar surface area (TPSA) is 23.6 Å². The number of rotatable bonds is 1. The number of carbonyl (C=O) groups excluding carboxylic acids is 1. The Balaban J connectivity index is 1.81. The third-order valence-electron chi connectivity index (χ3n) is 5.28. The van der Waals surface area contributed by atoms with E-state index in [1.165, 1.54) is 11.1 Å². The van der Waals surface area contributed by atoms with E-state index in [1.54, 1.807) is 0 Å². The Morgan fingerprint density at radius 3 is 2.79 bits per heavy atom. The number of likely N-dealkylation sites (tertiary alicyclic amines) is 1. The molecule has 0 bridgehead atoms. The first-order valence-electron chi connectivity index (χ1n) is 8.43. The van der Waals surface area contributed by atoms with Crippen molar-refractivity contribution in [1.29, 1.82) is 0 Å². The van der Waals surface area contributed by atoms with Crippen LogP contribution >= 0.6 is 15.9 Å². The van der Waals surface area contributed by atoms with Crippen molar-refractivity contribution in [3.8, 4) is 0 Å². The van der Waals surface area contributed by atoms with Gasteiger partial charge in [0.25, 0.3) is 5.91 Å². The molecule has 1 fully saturated rings. The van der Waals surface area contributed by atoms with Gasteiger partial charge < -0.3 is 9.80 Å². The second-order valence-corrected chi connectivity index (χ2v) is 7.80. The van der Waals surface area contributed by atoms with Crippen LogP contribution in [0.3, 0.4) is 0 Å². The summed E-state index contributed by atoms with van der Waals surface area (Å²) in [4.78, 5) is 17.8. The molecule has 0 aromatic heterocycles. The first-order chi connectivity index (χ1) is 11.6. The zero-order valence-electron chi connectivity index (χ0n) is 14.0. The van der Waals surface area contributed by atoms with Crippen LogP contribution in [0.5, 0.6) is 0 Å². The Kier molecular flexibility index (Phi) is 3.97. The molecule has 1 saturated heterocycles. The highest BCUT2D eigenvalue weighted by Gasteiger charge is 2.44. The van der Waals surface area contributed by atoms with Crippen LogP contribution in [0.25, 0.3) is 0 Å². The highest BCUT2D eigenvalue weighted by atomic mass is 79.9. The maximum Gasteiger partial charge on any atom is 0.259 e. The third kappa shape index (κ3) is 2.49. The highest BCUT2D eigenvalue weighted by molar-refractivity contribution is 9.10. The van der Waals surface area contributed by atoms with E-state index in [0.29, 0.717) is 5.92 Å². The molecule has 1 amide bonds. The Bertz CT molecular complexity index is 804. The Morgan fingerprint density at radius 1 is 1.21 bits per heavy atom. The van der Waals surface area contributed by atoms with Crippen molar-refractivity contribution in [1.82, 2.24) is 4.90 Å². The van der Waals surface area contributed by atoms with Gasteiger partial charge in [0.2, 0.25) is 0 Å². The molecule has 2 aliphatic rings. The van der Waals surface area contributed by atoms with Gasteiger partial charge in [0.05, 0.1) is 5.56 Å². The molecule has 3 nitrogen and oxygen atoms in total. The monoisotopic (exact) mass is 384 g/mol. The highest BCUT2D eigenvalue weighted by Crippen LogP contribution is 2.45. The number of likely N-dealkylation sites (N-methyl/N-ethyl adjacent to an activating group) is 1. The van der Waals surface area contributed by atoms with E-state index in [0.717, 1.165) is 35.2 Å². The van der Waals surface area contributed by atoms with Crippen molar-refractivity contribution in [2.24, 2.45) is 0 Å². The van der Waals surface area contributed by atoms with Crippen LogP contribution in [0.1, 0.15) is 33.8 Å². The van der Waals surface area contributed by atoms with E-state index >= 15 is 0 Å². The SMILES string of the molecule is Cc1ccc2c(c1)[C@H]1CN(C)CC[C@@H]1N2C(=O)c1ccccc1Br. The lowest BCUT2D eigenvalue weighted by molar-refractivity contribution is 0.0964. The number of aryl methyl sites for hydroxylation is 1. The van der Waals surface area contributed by atoms with Crippen molar-refractivity contribution in [2.75, 3.05) is 25.0 Å². The van der Waals surface area contributed by atoms with Crippen LogP contribution in [0.4, 0.5) is 5.69 Å². The smallest absolute Gasteiger partial charge is 0.259 e. The molecule has 124 valence electrons. The molecule has 0 radical (unpaired) electrons. The summed E-state index contributed by atoms with van der Waals surface area (Å²) >= 11 is 3.54. The predicted molar refractivity (Wildman–Crippen MR) is 101 cm³/mol. The molecule has 0 saturated carbocycles. The summed E-state index contributed by atoms with van der Waals surface area (Å²) in [5.74, 6) is 0.509. The molecular formula is C20H21BrN2O. The van der Waals surface area contributed by atoms with Gasteiger partial charge in [0.1, 0.15) is 0 Å². The van der Waals surface area contributed by atoms with Gasteiger partial charge in [0, 0.05) is 28.7 Å². The summed E-state index contributed by atoms with van der Waals surface area (Å²) < 4.78 is 0.861. The fourth-order valence-corrected chi connectivity index (χ4v) is 4.57. The molecule has 0 N–H and O–H groups in total. The molecule has 4 rings (SSSR count). The number of hydrogen-bond acceptors (Lipinski definition) is 2. The number of hydrogen-bond donors (Lipinski definition) is 0. The van der Waals surface area contributed by atoms with E-state index in [4.69, 9.17) is 0 Å². The molecular weight excluding hydrogens is 364 g/mol. The number of carbonyl (C=O) groups is 1. The molecule has 0 unspecified atom stereocenters. The summed E-state index contributed by atoms with van der Waals surface area (Å²) in [5, 5.41) is 0. The van der Waals surface area contributed by atoms with Crippen LogP contribution in [0.15, 0.2) is 46.9 Å². The van der Waals surface area contributed by atoms with Gasteiger partial charge in [-0.3, -0.25) is 4.79 Å². The van der Waals surface area contributed by atoms with Gasteiger partial charge in [-0.1, -0.05) is 29.8 Å². The molecule has 2 atom stereocenters. The number of halogens is 1. The maximum absolute atomic E-state index is 13.3. The zero-order valence-corrected chi connectivity index (χ0v) is 15.6. The van der Waals surface area contributed by atoms with Crippen molar-refractivity contribution >= 4 is 27.5 Å². The molecule has 4 heteroatoms. The van der Waals surface area contributed by atoms with Crippen LogP contribution in [-0.2, 0) is 0 Å². The fraction of sp³-hybridized carbons (Fsp3) is 0.350. The largest absolute Gasteiger partial charge is 0.306 e. The minimum absolute atomic E-state index is 0.102. The molecule has 2 aliphatic heterocycles. The van der Waals surface area contributed by atoms with Crippen molar-refractivity contribution in [3.05, 3.63) is 63.6 Å². The Morgan fingerprint density at radius 2 is 2.00 bits per heavy atom. The Hall–Kier alpha value is -1.65. The average Bonchev–Trinajstić information content (AvgIpc) is 2.88. The van der Waals surface area contributed by atoms with Gasteiger partial charge in [-0.15, -0.1) is 0 Å². The van der Waals surface area contributed by atoms with Gasteiger partial charge >= 0.3 is 0 Å². The van der Waals surface area contributed by atoms with Crippen molar-refractivity contribution in [2.45, 2.75) is 25.3 Å². The second-order valence-electron chi connectivity index (χ2n) is 6.94. The van der Waals surface area contributed by atoms with Gasteiger partial charge in [-0.05, 0) is 66.6 Å². The lowest BCUT2D eigenvalue weighted by Crippen LogP contribution is -2.47. The minimum atomic E-state index is 0.102. The summed E-state index contributed by atoms with van der Waals surface area (Å²) in [7, 11) is 2.17. The van der Waals surface area contributed by atoms with Crippen LogP contribution in [0.2, 0.25) is 0 Å². The molecule has 0 spiro atoms. The van der Waals surface area contributed by atoms with E-state index in [1.807, 2.05) is 29.2 Å². The Labute approximate surface area is 151 Å². The third-order valence-corrected chi connectivity index (χ3v) is 5.97. The molecule has 2 aromatic carbocycles. The van der Waals surface area contributed by atoms with Gasteiger partial charge in [-0.2, -0.15) is 0 Å². The number of benzene rings is 2. The van der Waals surface area contributed by atoms with E-state index in [9.17, 15) is 4.79 Å². The first kappa shape index (κ1) is 15.9. The molecule has 2 heterocycles. The average molecular weight is 385 g/mol.